The molecule has 0 aromatic heterocycles. The van der Waals surface area contributed by atoms with E-state index in [1.165, 1.54) is 11.1 Å². The van der Waals surface area contributed by atoms with Crippen LogP contribution in [0.3, 0.4) is 0 Å². The van der Waals surface area contributed by atoms with E-state index >= 15 is 0 Å². The van der Waals surface area contributed by atoms with Crippen LogP contribution in [0.5, 0.6) is 5.75 Å². The zero-order valence-corrected chi connectivity index (χ0v) is 13.9. The van der Waals surface area contributed by atoms with Crippen LogP contribution < -0.4 is 10.5 Å². The maximum Gasteiger partial charge on any atom is 0.219 e. The predicted octanol–water partition coefficient (Wildman–Crippen LogP) is 0.883. The van der Waals surface area contributed by atoms with Gasteiger partial charge in [-0.1, -0.05) is 0 Å². The highest BCUT2D eigenvalue weighted by atomic mass is 16.5. The molecule has 1 aromatic rings. The Bertz CT molecular complexity index is 591. The largest absolute Gasteiger partial charge is 0.495 e. The molecule has 1 unspecified atom stereocenters. The van der Waals surface area contributed by atoms with Gasteiger partial charge in [-0.15, -0.1) is 0 Å². The molecule has 1 amide bonds. The summed E-state index contributed by atoms with van der Waals surface area (Å²) in [6.07, 6.45) is 1.86. The molecule has 0 bridgehead atoms. The number of hydrogen-bond donors (Lipinski definition) is 1. The third kappa shape index (κ3) is 3.43. The molecule has 6 nitrogen and oxygen atoms in total. The summed E-state index contributed by atoms with van der Waals surface area (Å²) in [5.74, 6) is 0.864. The lowest BCUT2D eigenvalue weighted by molar-refractivity contribution is -0.147. The van der Waals surface area contributed by atoms with E-state index in [2.05, 4.69) is 11.0 Å². The van der Waals surface area contributed by atoms with Crippen molar-refractivity contribution in [1.82, 2.24) is 9.80 Å². The Labute approximate surface area is 137 Å². The van der Waals surface area contributed by atoms with E-state index < -0.39 is 0 Å². The topological polar surface area (TPSA) is 68.0 Å². The van der Waals surface area contributed by atoms with Gasteiger partial charge < -0.3 is 20.1 Å². The van der Waals surface area contributed by atoms with Gasteiger partial charge >= 0.3 is 0 Å². The number of fused-ring (bicyclic) bond motifs is 1. The minimum atomic E-state index is -0.0128. The summed E-state index contributed by atoms with van der Waals surface area (Å²) in [4.78, 5) is 15.8. The second-order valence-electron chi connectivity index (χ2n) is 6.19. The highest BCUT2D eigenvalue weighted by molar-refractivity contribution is 5.73. The Balaban J connectivity index is 1.71. The van der Waals surface area contributed by atoms with Gasteiger partial charge in [0.2, 0.25) is 5.91 Å². The Morgan fingerprint density at radius 1 is 1.26 bits per heavy atom. The first-order valence-corrected chi connectivity index (χ1v) is 8.15. The number of amides is 1. The summed E-state index contributed by atoms with van der Waals surface area (Å²) in [5.41, 5.74) is 9.29. The number of rotatable bonds is 2. The van der Waals surface area contributed by atoms with E-state index in [0.717, 1.165) is 31.7 Å². The van der Waals surface area contributed by atoms with Crippen molar-refractivity contribution >= 4 is 11.6 Å². The summed E-state index contributed by atoms with van der Waals surface area (Å²) in [6.45, 7) is 5.39. The molecule has 1 fully saturated rings. The molecule has 1 aromatic carbocycles. The van der Waals surface area contributed by atoms with Crippen LogP contribution in [0.1, 0.15) is 18.1 Å². The number of anilines is 1. The molecule has 2 aliphatic heterocycles. The van der Waals surface area contributed by atoms with Gasteiger partial charge in [0, 0.05) is 26.6 Å². The van der Waals surface area contributed by atoms with Gasteiger partial charge in [-0.3, -0.25) is 9.69 Å². The number of nitrogen functional groups attached to an aromatic ring is 1. The molecule has 3 rings (SSSR count). The van der Waals surface area contributed by atoms with Crippen molar-refractivity contribution in [3.8, 4) is 5.75 Å². The number of nitrogens with zero attached hydrogens (tertiary/aromatic N) is 2. The summed E-state index contributed by atoms with van der Waals surface area (Å²) in [6, 6.07) is 4.08. The zero-order valence-electron chi connectivity index (χ0n) is 13.9. The van der Waals surface area contributed by atoms with Crippen molar-refractivity contribution in [1.29, 1.82) is 0 Å². The SMILES string of the molecule is COc1cc2c(cc1N)CCN(C1CN(C(C)=O)CCO1)CC2. The number of carbonyl (C=O) groups is 1. The second kappa shape index (κ2) is 6.76. The molecule has 2 N–H and O–H groups in total. The zero-order chi connectivity index (χ0) is 16.4. The molecule has 0 saturated carbocycles. The van der Waals surface area contributed by atoms with E-state index in [1.807, 2.05) is 11.0 Å². The van der Waals surface area contributed by atoms with Crippen LogP contribution in [0.25, 0.3) is 0 Å². The van der Waals surface area contributed by atoms with E-state index in [4.69, 9.17) is 15.2 Å². The Hall–Kier alpha value is -1.79. The van der Waals surface area contributed by atoms with Gasteiger partial charge in [-0.2, -0.15) is 0 Å². The summed E-state index contributed by atoms with van der Waals surface area (Å²) in [5, 5.41) is 0. The van der Waals surface area contributed by atoms with E-state index in [0.29, 0.717) is 25.4 Å². The van der Waals surface area contributed by atoms with Crippen molar-refractivity contribution < 1.29 is 14.3 Å². The Kier molecular flexibility index (Phi) is 4.73. The van der Waals surface area contributed by atoms with Crippen LogP contribution in [0.15, 0.2) is 12.1 Å². The average Bonchev–Trinajstić information content (AvgIpc) is 2.76. The van der Waals surface area contributed by atoms with Crippen molar-refractivity contribution in [2.75, 3.05) is 45.6 Å². The molecule has 1 saturated heterocycles. The molecule has 0 aliphatic carbocycles. The Morgan fingerprint density at radius 2 is 1.96 bits per heavy atom. The number of carbonyl (C=O) groups excluding carboxylic acids is 1. The fourth-order valence-electron chi connectivity index (χ4n) is 3.39. The smallest absolute Gasteiger partial charge is 0.219 e. The molecule has 126 valence electrons. The highest BCUT2D eigenvalue weighted by Crippen LogP contribution is 2.28. The highest BCUT2D eigenvalue weighted by Gasteiger charge is 2.28. The minimum absolute atomic E-state index is 0.0128. The number of morpholine rings is 1. The van der Waals surface area contributed by atoms with Crippen molar-refractivity contribution in [2.24, 2.45) is 0 Å². The van der Waals surface area contributed by atoms with Gasteiger partial charge in [-0.05, 0) is 36.1 Å². The monoisotopic (exact) mass is 319 g/mol. The average molecular weight is 319 g/mol. The quantitative estimate of drug-likeness (QED) is 0.820. The van der Waals surface area contributed by atoms with Gasteiger partial charge in [-0.25, -0.2) is 0 Å². The molecule has 1 atom stereocenters. The van der Waals surface area contributed by atoms with Gasteiger partial charge in [0.1, 0.15) is 12.0 Å². The summed E-state index contributed by atoms with van der Waals surface area (Å²) < 4.78 is 11.2. The molecule has 2 aliphatic rings. The van der Waals surface area contributed by atoms with Crippen molar-refractivity contribution in [2.45, 2.75) is 26.0 Å². The third-order valence-corrected chi connectivity index (χ3v) is 4.79. The van der Waals surface area contributed by atoms with Gasteiger partial charge in [0.05, 0.1) is 25.9 Å². The first kappa shape index (κ1) is 16.1. The maximum atomic E-state index is 11.6. The third-order valence-electron chi connectivity index (χ3n) is 4.79. The molecule has 0 spiro atoms. The lowest BCUT2D eigenvalue weighted by Crippen LogP contribution is -2.52. The number of benzene rings is 1. The van der Waals surface area contributed by atoms with Crippen LogP contribution >= 0.6 is 0 Å². The number of ether oxygens (including phenoxy) is 2. The van der Waals surface area contributed by atoms with E-state index in [-0.39, 0.29) is 12.1 Å². The summed E-state index contributed by atoms with van der Waals surface area (Å²) >= 11 is 0. The molecule has 6 heteroatoms. The number of hydrogen-bond acceptors (Lipinski definition) is 5. The minimum Gasteiger partial charge on any atom is -0.495 e. The predicted molar refractivity (Wildman–Crippen MR) is 88.4 cm³/mol. The molecule has 0 radical (unpaired) electrons. The normalized spacial score (nSPS) is 22.3. The first-order valence-electron chi connectivity index (χ1n) is 8.15. The van der Waals surface area contributed by atoms with Gasteiger partial charge in [0.15, 0.2) is 0 Å². The van der Waals surface area contributed by atoms with E-state index in [1.54, 1.807) is 14.0 Å². The number of nitrogens with two attached hydrogens (primary N) is 1. The van der Waals surface area contributed by atoms with Crippen LogP contribution in [0.2, 0.25) is 0 Å². The number of methoxy groups -OCH3 is 1. The molecule has 2 heterocycles. The van der Waals surface area contributed by atoms with Crippen LogP contribution in [0.4, 0.5) is 5.69 Å². The maximum absolute atomic E-state index is 11.6. The van der Waals surface area contributed by atoms with Crippen LogP contribution in [-0.4, -0.2) is 61.8 Å². The fraction of sp³-hybridized carbons (Fsp3) is 0.588. The van der Waals surface area contributed by atoms with E-state index in [9.17, 15) is 4.79 Å². The van der Waals surface area contributed by atoms with Crippen LogP contribution in [-0.2, 0) is 22.4 Å². The standard InChI is InChI=1S/C17H25N3O3/c1-12(21)20-7-8-23-17(11-20)19-5-3-13-9-15(18)16(22-2)10-14(13)4-6-19/h9-10,17H,3-8,11,18H2,1-2H3. The Morgan fingerprint density at radius 3 is 2.61 bits per heavy atom. The van der Waals surface area contributed by atoms with Crippen LogP contribution in [0, 0.1) is 0 Å². The molecular formula is C17H25N3O3. The molecular weight excluding hydrogens is 294 g/mol. The van der Waals surface area contributed by atoms with Gasteiger partial charge in [0.25, 0.3) is 0 Å². The lowest BCUT2D eigenvalue weighted by Gasteiger charge is -2.38. The second-order valence-corrected chi connectivity index (χ2v) is 6.19. The van der Waals surface area contributed by atoms with Crippen molar-refractivity contribution in [3.63, 3.8) is 0 Å². The van der Waals surface area contributed by atoms with Crippen molar-refractivity contribution in [3.05, 3.63) is 23.3 Å². The molecule has 23 heavy (non-hydrogen) atoms. The summed E-state index contributed by atoms with van der Waals surface area (Å²) in [7, 11) is 1.65. The fourth-order valence-corrected chi connectivity index (χ4v) is 3.39. The first-order chi connectivity index (χ1) is 11.1. The lowest BCUT2D eigenvalue weighted by atomic mass is 10.0.